The number of nitrogens with one attached hydrogen (secondary N) is 3. The van der Waals surface area contributed by atoms with Crippen molar-refractivity contribution in [3.8, 4) is 22.8 Å². The fraction of sp³-hybridized carbons (Fsp3) is 0.185. The Bertz CT molecular complexity index is 1460. The van der Waals surface area contributed by atoms with Gasteiger partial charge in [-0.25, -0.2) is 15.0 Å². The van der Waals surface area contributed by atoms with E-state index in [0.717, 1.165) is 5.56 Å². The molecule has 4 rings (SSSR count). The van der Waals surface area contributed by atoms with Gasteiger partial charge in [0.2, 0.25) is 0 Å². The number of amides is 3. The van der Waals surface area contributed by atoms with Gasteiger partial charge in [0, 0.05) is 16.3 Å². The van der Waals surface area contributed by atoms with Crippen LogP contribution < -0.4 is 25.5 Å². The highest BCUT2D eigenvalue weighted by atomic mass is 35.5. The van der Waals surface area contributed by atoms with Gasteiger partial charge in [-0.3, -0.25) is 4.79 Å². The van der Waals surface area contributed by atoms with Crippen molar-refractivity contribution in [3.05, 3.63) is 82.2 Å². The lowest BCUT2D eigenvalue weighted by atomic mass is 9.95. The molecule has 12 heteroatoms. The molecule has 3 amide bonds. The molecule has 0 aliphatic carbocycles. The van der Waals surface area contributed by atoms with Gasteiger partial charge in [0.15, 0.2) is 18.1 Å². The van der Waals surface area contributed by atoms with E-state index in [-0.39, 0.29) is 17.9 Å². The van der Waals surface area contributed by atoms with E-state index in [1.54, 1.807) is 49.4 Å². The van der Waals surface area contributed by atoms with Crippen molar-refractivity contribution in [1.29, 1.82) is 0 Å². The Labute approximate surface area is 228 Å². The summed E-state index contributed by atoms with van der Waals surface area (Å²) in [5.74, 6) is 0.510. The molecule has 2 aromatic carbocycles. The summed E-state index contributed by atoms with van der Waals surface area (Å²) in [6.07, 6.45) is 1.36. The summed E-state index contributed by atoms with van der Waals surface area (Å²) >= 11 is 6.02. The SMILES string of the molecule is COC(=O)C1=C(C)NC(=O)N[C@@H]1c1ccc(OCC(=O)N/N=C\c2ccc(-c3cccc(Cl)c3)o2)c(OC)c1. The van der Waals surface area contributed by atoms with E-state index in [9.17, 15) is 14.4 Å². The predicted octanol–water partition coefficient (Wildman–Crippen LogP) is 3.94. The van der Waals surface area contributed by atoms with Crippen LogP contribution in [-0.2, 0) is 14.3 Å². The third-order valence-electron chi connectivity index (χ3n) is 5.67. The number of methoxy groups -OCH3 is 2. The molecule has 0 saturated carbocycles. The fourth-order valence-electron chi connectivity index (χ4n) is 3.87. The van der Waals surface area contributed by atoms with Crippen molar-refractivity contribution in [1.82, 2.24) is 16.1 Å². The summed E-state index contributed by atoms with van der Waals surface area (Å²) in [5.41, 5.74) is 4.36. The number of hydrazone groups is 1. The number of hydrogen-bond donors (Lipinski definition) is 3. The monoisotopic (exact) mass is 552 g/mol. The number of ether oxygens (including phenoxy) is 3. The Morgan fingerprint density at radius 2 is 1.95 bits per heavy atom. The maximum absolute atomic E-state index is 12.3. The topological polar surface area (TPSA) is 140 Å². The molecule has 1 atom stereocenters. The first-order valence-corrected chi connectivity index (χ1v) is 12.0. The summed E-state index contributed by atoms with van der Waals surface area (Å²) < 4.78 is 21.6. The Kier molecular flexibility index (Phi) is 8.52. The van der Waals surface area contributed by atoms with E-state index in [4.69, 9.17) is 30.2 Å². The van der Waals surface area contributed by atoms with Gasteiger partial charge < -0.3 is 29.3 Å². The average molecular weight is 553 g/mol. The summed E-state index contributed by atoms with van der Waals surface area (Å²) in [6, 6.07) is 14.3. The number of carbonyl (C=O) groups excluding carboxylic acids is 3. The smallest absolute Gasteiger partial charge is 0.337 e. The number of esters is 1. The largest absolute Gasteiger partial charge is 0.493 e. The van der Waals surface area contributed by atoms with E-state index in [1.807, 2.05) is 12.1 Å². The van der Waals surface area contributed by atoms with Crippen LogP contribution >= 0.6 is 11.6 Å². The van der Waals surface area contributed by atoms with Crippen molar-refractivity contribution >= 4 is 35.7 Å². The van der Waals surface area contributed by atoms with Crippen LogP contribution in [0.4, 0.5) is 4.79 Å². The van der Waals surface area contributed by atoms with Gasteiger partial charge in [-0.1, -0.05) is 29.8 Å². The third-order valence-corrected chi connectivity index (χ3v) is 5.91. The van der Waals surface area contributed by atoms with Crippen LogP contribution in [0.3, 0.4) is 0 Å². The molecule has 0 spiro atoms. The zero-order valence-corrected chi connectivity index (χ0v) is 22.0. The third kappa shape index (κ3) is 6.57. The molecule has 0 radical (unpaired) electrons. The second-order valence-electron chi connectivity index (χ2n) is 8.27. The Balaban J connectivity index is 1.37. The number of furan rings is 1. The van der Waals surface area contributed by atoms with Crippen molar-refractivity contribution in [2.45, 2.75) is 13.0 Å². The van der Waals surface area contributed by atoms with Crippen molar-refractivity contribution < 1.29 is 33.0 Å². The molecule has 1 aliphatic heterocycles. The molecule has 1 aliphatic rings. The number of nitrogens with zero attached hydrogens (tertiary/aromatic N) is 1. The number of carbonyl (C=O) groups is 3. The van der Waals surface area contributed by atoms with Gasteiger partial charge in [0.25, 0.3) is 5.91 Å². The average Bonchev–Trinajstić information content (AvgIpc) is 3.40. The molecule has 0 unspecified atom stereocenters. The normalized spacial score (nSPS) is 15.0. The molecule has 39 heavy (non-hydrogen) atoms. The van der Waals surface area contributed by atoms with Crippen LogP contribution in [0.5, 0.6) is 11.5 Å². The summed E-state index contributed by atoms with van der Waals surface area (Å²) in [6.45, 7) is 1.26. The van der Waals surface area contributed by atoms with E-state index < -0.39 is 23.9 Å². The van der Waals surface area contributed by atoms with Gasteiger partial charge in [0.05, 0.1) is 32.0 Å². The molecule has 11 nitrogen and oxygen atoms in total. The highest BCUT2D eigenvalue weighted by Gasteiger charge is 2.32. The maximum Gasteiger partial charge on any atom is 0.337 e. The molecular formula is C27H25ClN4O7. The standard InChI is InChI=1S/C27H25ClN4O7/c1-15-24(26(34)37-3)25(31-27(35)30-15)17-7-9-21(22(12-17)36-2)38-14-23(33)32-29-13-19-8-10-20(39-19)16-5-4-6-18(28)11-16/h4-13,25H,14H2,1-3H3,(H,32,33)(H2,30,31,35)/b29-13-/t25-/m1/s1. The van der Waals surface area contributed by atoms with E-state index >= 15 is 0 Å². The quantitative estimate of drug-likeness (QED) is 0.207. The lowest BCUT2D eigenvalue weighted by Crippen LogP contribution is -2.45. The summed E-state index contributed by atoms with van der Waals surface area (Å²) in [4.78, 5) is 36.6. The zero-order valence-electron chi connectivity index (χ0n) is 21.2. The molecule has 1 aromatic heterocycles. The fourth-order valence-corrected chi connectivity index (χ4v) is 4.06. The van der Waals surface area contributed by atoms with Crippen molar-refractivity contribution in [2.75, 3.05) is 20.8 Å². The molecule has 0 saturated heterocycles. The first-order valence-electron chi connectivity index (χ1n) is 11.6. The van der Waals surface area contributed by atoms with Crippen LogP contribution in [0.1, 0.15) is 24.3 Å². The molecule has 3 aromatic rings. The first kappa shape index (κ1) is 27.3. The summed E-state index contributed by atoms with van der Waals surface area (Å²) in [5, 5.41) is 9.75. The highest BCUT2D eigenvalue weighted by Crippen LogP contribution is 2.34. The van der Waals surface area contributed by atoms with Crippen LogP contribution in [0.2, 0.25) is 5.02 Å². The summed E-state index contributed by atoms with van der Waals surface area (Å²) in [7, 11) is 2.69. The molecule has 3 N–H and O–H groups in total. The lowest BCUT2D eigenvalue weighted by molar-refractivity contribution is -0.136. The van der Waals surface area contributed by atoms with Gasteiger partial charge >= 0.3 is 12.0 Å². The number of rotatable bonds is 9. The molecule has 0 fully saturated rings. The van der Waals surface area contributed by atoms with E-state index in [2.05, 4.69) is 21.2 Å². The van der Waals surface area contributed by atoms with Crippen LogP contribution in [0.25, 0.3) is 11.3 Å². The van der Waals surface area contributed by atoms with Gasteiger partial charge in [0.1, 0.15) is 11.5 Å². The van der Waals surface area contributed by atoms with Crippen LogP contribution in [-0.4, -0.2) is 44.9 Å². The number of hydrogen-bond acceptors (Lipinski definition) is 8. The highest BCUT2D eigenvalue weighted by molar-refractivity contribution is 6.30. The first-order chi connectivity index (χ1) is 18.8. The van der Waals surface area contributed by atoms with Crippen LogP contribution in [0.15, 0.2) is 75.4 Å². The minimum atomic E-state index is -0.771. The van der Waals surface area contributed by atoms with Crippen molar-refractivity contribution in [3.63, 3.8) is 0 Å². The van der Waals surface area contributed by atoms with E-state index in [1.165, 1.54) is 20.4 Å². The lowest BCUT2D eigenvalue weighted by Gasteiger charge is -2.28. The Morgan fingerprint density at radius 1 is 1.13 bits per heavy atom. The molecular weight excluding hydrogens is 528 g/mol. The predicted molar refractivity (Wildman–Crippen MR) is 143 cm³/mol. The number of allylic oxidation sites excluding steroid dienone is 1. The zero-order chi connectivity index (χ0) is 27.9. The minimum Gasteiger partial charge on any atom is -0.493 e. The second kappa shape index (κ2) is 12.2. The van der Waals surface area contributed by atoms with Crippen LogP contribution in [0, 0.1) is 0 Å². The Hall–Kier alpha value is -4.77. The minimum absolute atomic E-state index is 0.251. The maximum atomic E-state index is 12.3. The number of halogens is 1. The second-order valence-corrected chi connectivity index (χ2v) is 8.70. The Morgan fingerprint density at radius 3 is 2.69 bits per heavy atom. The molecule has 2 heterocycles. The number of benzene rings is 2. The van der Waals surface area contributed by atoms with E-state index in [0.29, 0.717) is 33.6 Å². The number of urea groups is 1. The van der Waals surface area contributed by atoms with Gasteiger partial charge in [-0.15, -0.1) is 0 Å². The molecule has 0 bridgehead atoms. The molecule has 202 valence electrons. The van der Waals surface area contributed by atoms with Gasteiger partial charge in [-0.05, 0) is 48.9 Å². The van der Waals surface area contributed by atoms with Gasteiger partial charge in [-0.2, -0.15) is 5.10 Å². The van der Waals surface area contributed by atoms with Crippen molar-refractivity contribution in [2.24, 2.45) is 5.10 Å².